The van der Waals surface area contributed by atoms with Crippen molar-refractivity contribution in [3.05, 3.63) is 51.0 Å². The summed E-state index contributed by atoms with van der Waals surface area (Å²) in [6.45, 7) is 1.90. The summed E-state index contributed by atoms with van der Waals surface area (Å²) >= 11 is 1.72. The van der Waals surface area contributed by atoms with Crippen molar-refractivity contribution in [1.82, 2.24) is 0 Å². The maximum Gasteiger partial charge on any atom is 0.161 e. The van der Waals surface area contributed by atoms with E-state index in [-0.39, 0.29) is 11.7 Å². The van der Waals surface area contributed by atoms with Crippen LogP contribution in [0.15, 0.2) is 18.2 Å². The molecule has 1 aromatic carbocycles. The maximum absolute atomic E-state index is 13.7. The van der Waals surface area contributed by atoms with Gasteiger partial charge in [-0.1, -0.05) is 0 Å². The van der Waals surface area contributed by atoms with Gasteiger partial charge >= 0.3 is 0 Å². The van der Waals surface area contributed by atoms with Gasteiger partial charge in [-0.05, 0) is 44.2 Å². The van der Waals surface area contributed by atoms with Gasteiger partial charge in [0.15, 0.2) is 11.6 Å². The lowest BCUT2D eigenvalue weighted by molar-refractivity contribution is 0.495. The van der Waals surface area contributed by atoms with Gasteiger partial charge in [0.2, 0.25) is 0 Å². The lowest BCUT2D eigenvalue weighted by Crippen LogP contribution is -2.07. The fourth-order valence-electron chi connectivity index (χ4n) is 2.66. The Kier molecular flexibility index (Phi) is 3.93. The van der Waals surface area contributed by atoms with Gasteiger partial charge in [-0.2, -0.15) is 0 Å². The number of anilines is 1. The Morgan fingerprint density at radius 3 is 2.48 bits per heavy atom. The Morgan fingerprint density at radius 1 is 1.00 bits per heavy atom. The highest BCUT2D eigenvalue weighted by molar-refractivity contribution is 7.12. The molecule has 1 atom stereocenters. The van der Waals surface area contributed by atoms with E-state index in [1.165, 1.54) is 23.3 Å². The van der Waals surface area contributed by atoms with Crippen LogP contribution in [-0.2, 0) is 12.8 Å². The number of halogens is 3. The van der Waals surface area contributed by atoms with Crippen LogP contribution < -0.4 is 5.32 Å². The molecule has 1 aliphatic rings. The number of nitrogens with one attached hydrogen (secondary N) is 1. The van der Waals surface area contributed by atoms with Crippen molar-refractivity contribution < 1.29 is 13.2 Å². The molecular formula is C16H16F3NS. The highest BCUT2D eigenvalue weighted by Crippen LogP contribution is 2.34. The molecule has 0 saturated carbocycles. The molecule has 21 heavy (non-hydrogen) atoms. The molecule has 5 heteroatoms. The fourth-order valence-corrected chi connectivity index (χ4v) is 3.92. The van der Waals surface area contributed by atoms with Crippen LogP contribution in [0.25, 0.3) is 0 Å². The minimum Gasteiger partial charge on any atom is -0.375 e. The molecule has 1 unspecified atom stereocenters. The number of rotatable bonds is 3. The molecule has 3 rings (SSSR count). The number of hydrogen-bond donors (Lipinski definition) is 1. The van der Waals surface area contributed by atoms with E-state index in [1.807, 2.05) is 6.92 Å². The molecule has 2 aromatic rings. The van der Waals surface area contributed by atoms with Gasteiger partial charge in [-0.25, -0.2) is 13.2 Å². The summed E-state index contributed by atoms with van der Waals surface area (Å²) in [5, 5.41) is 2.93. The van der Waals surface area contributed by atoms with Crippen molar-refractivity contribution in [3.8, 4) is 0 Å². The molecule has 0 spiro atoms. The Bertz CT molecular complexity index is 642. The zero-order valence-electron chi connectivity index (χ0n) is 11.7. The van der Waals surface area contributed by atoms with Crippen LogP contribution >= 0.6 is 11.3 Å². The van der Waals surface area contributed by atoms with E-state index in [0.29, 0.717) is 6.07 Å². The SMILES string of the molecule is CC(Nc1cc(F)c(F)cc1F)c1cc2c(s1)CCCC2. The Morgan fingerprint density at radius 2 is 1.71 bits per heavy atom. The summed E-state index contributed by atoms with van der Waals surface area (Å²) in [5.41, 5.74) is 1.37. The average molecular weight is 311 g/mol. The van der Waals surface area contributed by atoms with Crippen LogP contribution in [0, 0.1) is 17.5 Å². The van der Waals surface area contributed by atoms with E-state index in [0.717, 1.165) is 23.8 Å². The highest BCUT2D eigenvalue weighted by atomic mass is 32.1. The van der Waals surface area contributed by atoms with Gasteiger partial charge in [0.1, 0.15) is 5.82 Å². The zero-order chi connectivity index (χ0) is 15.0. The zero-order valence-corrected chi connectivity index (χ0v) is 12.5. The van der Waals surface area contributed by atoms with E-state index in [4.69, 9.17) is 0 Å². The number of fused-ring (bicyclic) bond motifs is 1. The largest absolute Gasteiger partial charge is 0.375 e. The normalized spacial score (nSPS) is 15.6. The highest BCUT2D eigenvalue weighted by Gasteiger charge is 2.18. The maximum atomic E-state index is 13.7. The summed E-state index contributed by atoms with van der Waals surface area (Å²) in [4.78, 5) is 2.50. The Hall–Kier alpha value is -1.49. The van der Waals surface area contributed by atoms with Crippen molar-refractivity contribution >= 4 is 17.0 Å². The second-order valence-electron chi connectivity index (χ2n) is 5.42. The second-order valence-corrected chi connectivity index (χ2v) is 6.58. The van der Waals surface area contributed by atoms with Gasteiger partial charge in [-0.3, -0.25) is 0 Å². The number of benzene rings is 1. The van der Waals surface area contributed by atoms with Crippen molar-refractivity contribution in [1.29, 1.82) is 0 Å². The van der Waals surface area contributed by atoms with Crippen molar-refractivity contribution in [2.75, 3.05) is 5.32 Å². The first-order valence-electron chi connectivity index (χ1n) is 7.07. The minimum atomic E-state index is -1.17. The first-order valence-corrected chi connectivity index (χ1v) is 7.89. The molecule has 1 aliphatic carbocycles. The summed E-state index contributed by atoms with van der Waals surface area (Å²) in [7, 11) is 0. The monoisotopic (exact) mass is 311 g/mol. The van der Waals surface area contributed by atoms with E-state index in [9.17, 15) is 13.2 Å². The van der Waals surface area contributed by atoms with E-state index in [1.54, 1.807) is 11.3 Å². The van der Waals surface area contributed by atoms with E-state index in [2.05, 4.69) is 11.4 Å². The molecule has 1 nitrogen and oxygen atoms in total. The van der Waals surface area contributed by atoms with Crippen molar-refractivity contribution in [2.45, 2.75) is 38.6 Å². The van der Waals surface area contributed by atoms with Crippen LogP contribution in [0.1, 0.15) is 41.1 Å². The average Bonchev–Trinajstić information content (AvgIpc) is 2.88. The summed E-state index contributed by atoms with van der Waals surface area (Å²) in [6, 6.07) is 3.45. The van der Waals surface area contributed by atoms with Gasteiger partial charge in [-0.15, -0.1) is 11.3 Å². The van der Waals surface area contributed by atoms with Crippen LogP contribution in [-0.4, -0.2) is 0 Å². The molecule has 0 aliphatic heterocycles. The molecule has 0 radical (unpaired) electrons. The standard InChI is InChI=1S/C16H16F3NS/c1-9(16-6-10-4-2-3-5-15(10)21-16)20-14-8-12(18)11(17)7-13(14)19/h6-9,20H,2-5H2,1H3. The van der Waals surface area contributed by atoms with Crippen molar-refractivity contribution in [3.63, 3.8) is 0 Å². The number of thiophene rings is 1. The van der Waals surface area contributed by atoms with Gasteiger partial charge in [0.25, 0.3) is 0 Å². The third-order valence-corrected chi connectivity index (χ3v) is 5.24. The molecule has 1 heterocycles. The third-order valence-electron chi connectivity index (χ3n) is 3.82. The number of hydrogen-bond acceptors (Lipinski definition) is 2. The van der Waals surface area contributed by atoms with Crippen LogP contribution in [0.2, 0.25) is 0 Å². The molecule has 112 valence electrons. The molecule has 0 saturated heterocycles. The fraction of sp³-hybridized carbons (Fsp3) is 0.375. The third kappa shape index (κ3) is 2.93. The Labute approximate surface area is 125 Å². The molecular weight excluding hydrogens is 295 g/mol. The van der Waals surface area contributed by atoms with Gasteiger partial charge in [0, 0.05) is 21.9 Å². The van der Waals surface area contributed by atoms with Crippen LogP contribution in [0.3, 0.4) is 0 Å². The summed E-state index contributed by atoms with van der Waals surface area (Å²) in [6.07, 6.45) is 4.62. The van der Waals surface area contributed by atoms with Gasteiger partial charge < -0.3 is 5.32 Å². The van der Waals surface area contributed by atoms with E-state index >= 15 is 0 Å². The lowest BCUT2D eigenvalue weighted by atomic mass is 9.99. The molecule has 0 fully saturated rings. The van der Waals surface area contributed by atoms with Crippen LogP contribution in [0.5, 0.6) is 0 Å². The lowest BCUT2D eigenvalue weighted by Gasteiger charge is -2.14. The van der Waals surface area contributed by atoms with E-state index < -0.39 is 17.5 Å². The summed E-state index contributed by atoms with van der Waals surface area (Å²) < 4.78 is 39.8. The topological polar surface area (TPSA) is 12.0 Å². The van der Waals surface area contributed by atoms with Crippen LogP contribution in [0.4, 0.5) is 18.9 Å². The minimum absolute atomic E-state index is 0.00669. The molecule has 1 N–H and O–H groups in total. The first kappa shape index (κ1) is 14.4. The summed E-state index contributed by atoms with van der Waals surface area (Å²) in [5.74, 6) is -2.99. The molecule has 0 bridgehead atoms. The van der Waals surface area contributed by atoms with Gasteiger partial charge in [0.05, 0.1) is 11.7 Å². The predicted octanol–water partition coefficient (Wildman–Crippen LogP) is 5.22. The molecule has 1 aromatic heterocycles. The van der Waals surface area contributed by atoms with Crippen molar-refractivity contribution in [2.24, 2.45) is 0 Å². The first-order chi connectivity index (χ1) is 10.0. The Balaban J connectivity index is 1.81. The predicted molar refractivity (Wildman–Crippen MR) is 79.3 cm³/mol. The smallest absolute Gasteiger partial charge is 0.161 e. The quantitative estimate of drug-likeness (QED) is 0.767. The second kappa shape index (κ2) is 5.72. The number of aryl methyl sites for hydroxylation is 2. The molecule has 0 amide bonds.